The molecule has 21 heavy (non-hydrogen) atoms. The standard InChI is InChI=1S/C16H19N3O2/c20-19(21)16-13(11-18-14-6-2-1-3-7-14)9-8-12-5-4-10-17-15(12)16/h4-5,8-10,14,18H,1-3,6-7,11H2. The highest BCUT2D eigenvalue weighted by Crippen LogP contribution is 2.28. The van der Waals surface area contributed by atoms with Crippen molar-refractivity contribution in [2.75, 3.05) is 0 Å². The third-order valence-electron chi connectivity index (χ3n) is 4.20. The van der Waals surface area contributed by atoms with Gasteiger partial charge in [0.15, 0.2) is 0 Å². The van der Waals surface area contributed by atoms with Gasteiger partial charge in [-0.3, -0.25) is 10.1 Å². The van der Waals surface area contributed by atoms with Gasteiger partial charge in [-0.1, -0.05) is 37.5 Å². The Morgan fingerprint density at radius 1 is 1.24 bits per heavy atom. The lowest BCUT2D eigenvalue weighted by atomic mass is 9.95. The van der Waals surface area contributed by atoms with Crippen molar-refractivity contribution in [2.45, 2.75) is 44.7 Å². The van der Waals surface area contributed by atoms with Gasteiger partial charge in [-0.25, -0.2) is 4.98 Å². The predicted molar refractivity (Wildman–Crippen MR) is 82.1 cm³/mol. The van der Waals surface area contributed by atoms with Crippen LogP contribution in [0, 0.1) is 10.1 Å². The first-order chi connectivity index (χ1) is 10.3. The Morgan fingerprint density at radius 3 is 2.81 bits per heavy atom. The summed E-state index contributed by atoms with van der Waals surface area (Å²) in [5, 5.41) is 15.7. The van der Waals surface area contributed by atoms with Crippen LogP contribution in [0.4, 0.5) is 5.69 Å². The van der Waals surface area contributed by atoms with Gasteiger partial charge in [0.05, 0.1) is 4.92 Å². The Balaban J connectivity index is 1.87. The van der Waals surface area contributed by atoms with Gasteiger partial charge < -0.3 is 5.32 Å². The molecule has 0 atom stereocenters. The quantitative estimate of drug-likeness (QED) is 0.689. The first kappa shape index (κ1) is 13.9. The average Bonchev–Trinajstić information content (AvgIpc) is 2.53. The van der Waals surface area contributed by atoms with Crippen molar-refractivity contribution in [1.82, 2.24) is 10.3 Å². The van der Waals surface area contributed by atoms with Gasteiger partial charge in [-0.15, -0.1) is 0 Å². The highest BCUT2D eigenvalue weighted by molar-refractivity contribution is 5.88. The molecule has 0 amide bonds. The van der Waals surface area contributed by atoms with E-state index in [0.717, 1.165) is 10.9 Å². The molecule has 0 spiro atoms. The molecule has 3 rings (SSSR count). The van der Waals surface area contributed by atoms with E-state index < -0.39 is 0 Å². The number of nitrogens with zero attached hydrogens (tertiary/aromatic N) is 2. The summed E-state index contributed by atoms with van der Waals surface area (Å²) in [4.78, 5) is 15.3. The number of benzene rings is 1. The lowest BCUT2D eigenvalue weighted by molar-refractivity contribution is -0.384. The van der Waals surface area contributed by atoms with E-state index in [4.69, 9.17) is 0 Å². The van der Waals surface area contributed by atoms with Gasteiger partial charge in [0, 0.05) is 29.7 Å². The van der Waals surface area contributed by atoms with Crippen LogP contribution in [0.25, 0.3) is 10.9 Å². The number of nitrogens with one attached hydrogen (secondary N) is 1. The van der Waals surface area contributed by atoms with E-state index in [2.05, 4.69) is 10.3 Å². The van der Waals surface area contributed by atoms with E-state index >= 15 is 0 Å². The SMILES string of the molecule is O=[N+]([O-])c1c(CNC2CCCCC2)ccc2cccnc12. The summed E-state index contributed by atoms with van der Waals surface area (Å²) < 4.78 is 0. The first-order valence-corrected chi connectivity index (χ1v) is 7.50. The molecule has 0 radical (unpaired) electrons. The zero-order valence-electron chi connectivity index (χ0n) is 11.9. The summed E-state index contributed by atoms with van der Waals surface area (Å²) in [5.74, 6) is 0. The summed E-state index contributed by atoms with van der Waals surface area (Å²) in [6.07, 6.45) is 7.74. The van der Waals surface area contributed by atoms with Gasteiger partial charge in [0.2, 0.25) is 0 Å². The van der Waals surface area contributed by atoms with Crippen molar-refractivity contribution < 1.29 is 4.92 Å². The van der Waals surface area contributed by atoms with E-state index in [1.165, 1.54) is 32.1 Å². The molecule has 110 valence electrons. The maximum absolute atomic E-state index is 11.4. The summed E-state index contributed by atoms with van der Waals surface area (Å²) in [6.45, 7) is 0.535. The van der Waals surface area contributed by atoms with Crippen LogP contribution in [0.3, 0.4) is 0 Å². The van der Waals surface area contributed by atoms with Crippen LogP contribution in [0.2, 0.25) is 0 Å². The molecule has 1 saturated carbocycles. The first-order valence-electron chi connectivity index (χ1n) is 7.50. The van der Waals surface area contributed by atoms with Gasteiger partial charge in [0.1, 0.15) is 5.52 Å². The molecule has 0 aliphatic heterocycles. The van der Waals surface area contributed by atoms with Crippen molar-refractivity contribution in [3.63, 3.8) is 0 Å². The fourth-order valence-corrected chi connectivity index (χ4v) is 3.08. The Labute approximate surface area is 123 Å². The van der Waals surface area contributed by atoms with E-state index in [0.29, 0.717) is 18.1 Å². The molecule has 1 aromatic carbocycles. The number of aromatic nitrogens is 1. The average molecular weight is 285 g/mol. The molecule has 5 heteroatoms. The zero-order chi connectivity index (χ0) is 14.7. The fourth-order valence-electron chi connectivity index (χ4n) is 3.08. The lowest BCUT2D eigenvalue weighted by Gasteiger charge is -2.22. The number of nitro benzene ring substituents is 1. The molecule has 1 heterocycles. The molecule has 0 unspecified atom stereocenters. The number of hydrogen-bond acceptors (Lipinski definition) is 4. The summed E-state index contributed by atoms with van der Waals surface area (Å²) in [6, 6.07) is 7.89. The smallest absolute Gasteiger partial charge is 0.299 e. The van der Waals surface area contributed by atoms with Gasteiger partial charge in [-0.2, -0.15) is 0 Å². The minimum absolute atomic E-state index is 0.136. The maximum atomic E-state index is 11.4. The van der Waals surface area contributed by atoms with Crippen molar-refractivity contribution in [1.29, 1.82) is 0 Å². The highest BCUT2D eigenvalue weighted by Gasteiger charge is 2.20. The molecule has 5 nitrogen and oxygen atoms in total. The molecular weight excluding hydrogens is 266 g/mol. The van der Waals surface area contributed by atoms with Gasteiger partial charge in [0.25, 0.3) is 5.69 Å². The lowest BCUT2D eigenvalue weighted by Crippen LogP contribution is -2.30. The van der Waals surface area contributed by atoms with Gasteiger partial charge in [-0.05, 0) is 18.9 Å². The molecule has 0 saturated heterocycles. The van der Waals surface area contributed by atoms with E-state index in [1.807, 2.05) is 18.2 Å². The second-order valence-electron chi connectivity index (χ2n) is 5.62. The van der Waals surface area contributed by atoms with Crippen LogP contribution >= 0.6 is 0 Å². The molecule has 1 aliphatic rings. The molecule has 1 fully saturated rings. The van der Waals surface area contributed by atoms with Crippen molar-refractivity contribution >= 4 is 16.6 Å². The molecule has 1 aliphatic carbocycles. The van der Waals surface area contributed by atoms with E-state index in [9.17, 15) is 10.1 Å². The van der Waals surface area contributed by atoms with Crippen LogP contribution in [-0.4, -0.2) is 15.9 Å². The monoisotopic (exact) mass is 285 g/mol. The van der Waals surface area contributed by atoms with Crippen molar-refractivity contribution in [3.05, 3.63) is 46.1 Å². The largest absolute Gasteiger partial charge is 0.310 e. The zero-order valence-corrected chi connectivity index (χ0v) is 11.9. The Hall–Kier alpha value is -2.01. The third-order valence-corrected chi connectivity index (χ3v) is 4.20. The number of hydrogen-bond donors (Lipinski definition) is 1. The van der Waals surface area contributed by atoms with Crippen LogP contribution < -0.4 is 5.32 Å². The minimum atomic E-state index is -0.312. The summed E-state index contributed by atoms with van der Waals surface area (Å²) in [7, 11) is 0. The van der Waals surface area contributed by atoms with Crippen molar-refractivity contribution in [3.8, 4) is 0 Å². The predicted octanol–water partition coefficient (Wildman–Crippen LogP) is 3.57. The van der Waals surface area contributed by atoms with Gasteiger partial charge >= 0.3 is 0 Å². The Morgan fingerprint density at radius 2 is 2.05 bits per heavy atom. The van der Waals surface area contributed by atoms with E-state index in [-0.39, 0.29) is 10.6 Å². The summed E-state index contributed by atoms with van der Waals surface area (Å²) in [5.41, 5.74) is 1.33. The van der Waals surface area contributed by atoms with Crippen LogP contribution in [0.5, 0.6) is 0 Å². The van der Waals surface area contributed by atoms with Crippen LogP contribution in [0.15, 0.2) is 30.5 Å². The molecule has 0 bridgehead atoms. The highest BCUT2D eigenvalue weighted by atomic mass is 16.6. The number of fused-ring (bicyclic) bond motifs is 1. The van der Waals surface area contributed by atoms with Crippen LogP contribution in [0.1, 0.15) is 37.7 Å². The molecular formula is C16H19N3O2. The normalized spacial score (nSPS) is 16.2. The number of pyridine rings is 1. The second kappa shape index (κ2) is 6.18. The molecule has 1 N–H and O–H groups in total. The Bertz CT molecular complexity index is 651. The van der Waals surface area contributed by atoms with Crippen molar-refractivity contribution in [2.24, 2.45) is 0 Å². The Kier molecular flexibility index (Phi) is 4.10. The summed E-state index contributed by atoms with van der Waals surface area (Å²) >= 11 is 0. The minimum Gasteiger partial charge on any atom is -0.310 e. The fraction of sp³-hybridized carbons (Fsp3) is 0.438. The van der Waals surface area contributed by atoms with E-state index in [1.54, 1.807) is 12.3 Å². The molecule has 2 aromatic rings. The topological polar surface area (TPSA) is 68.1 Å². The van der Waals surface area contributed by atoms with Crippen LogP contribution in [-0.2, 0) is 6.54 Å². The second-order valence-corrected chi connectivity index (χ2v) is 5.62. The molecule has 1 aromatic heterocycles. The number of rotatable bonds is 4. The maximum Gasteiger partial charge on any atom is 0.299 e. The number of nitro groups is 1. The third kappa shape index (κ3) is 3.03.